The second kappa shape index (κ2) is 5.14. The van der Waals surface area contributed by atoms with Crippen molar-refractivity contribution in [1.29, 1.82) is 0 Å². The number of carbonyl (C=O) groups is 1. The van der Waals surface area contributed by atoms with Gasteiger partial charge in [0.15, 0.2) is 0 Å². The number of rotatable bonds is 3. The van der Waals surface area contributed by atoms with Gasteiger partial charge >= 0.3 is 0 Å². The topological polar surface area (TPSA) is 80.0 Å². The van der Waals surface area contributed by atoms with Gasteiger partial charge in [-0.25, -0.2) is 0 Å². The summed E-state index contributed by atoms with van der Waals surface area (Å²) in [6.07, 6.45) is 6.42. The first-order valence-corrected chi connectivity index (χ1v) is 5.92. The molecule has 1 aliphatic carbocycles. The van der Waals surface area contributed by atoms with Gasteiger partial charge in [-0.3, -0.25) is 15.6 Å². The molecule has 17 heavy (non-hydrogen) atoms. The number of carbonyl (C=O) groups excluding carboxylic acids is 1. The Bertz CT molecular complexity index is 407. The minimum atomic E-state index is -0.106. The van der Waals surface area contributed by atoms with E-state index >= 15 is 0 Å². The molecule has 2 rings (SSSR count). The summed E-state index contributed by atoms with van der Waals surface area (Å²) in [4.78, 5) is 16.0. The average Bonchev–Trinajstić information content (AvgIpc) is 2.74. The smallest absolute Gasteiger partial charge is 0.255 e. The predicted molar refractivity (Wildman–Crippen MR) is 66.3 cm³/mol. The normalized spacial score (nSPS) is 23.4. The summed E-state index contributed by atoms with van der Waals surface area (Å²) in [6.45, 7) is 2.21. The lowest BCUT2D eigenvalue weighted by Crippen LogP contribution is -2.33. The molecule has 2 unspecified atom stereocenters. The van der Waals surface area contributed by atoms with E-state index in [0.29, 0.717) is 17.2 Å². The predicted octanol–water partition coefficient (Wildman–Crippen LogP) is 1.29. The Morgan fingerprint density at radius 1 is 1.53 bits per heavy atom. The van der Waals surface area contributed by atoms with Crippen LogP contribution in [0.1, 0.15) is 36.5 Å². The maximum absolute atomic E-state index is 12.0. The Balaban J connectivity index is 2.04. The van der Waals surface area contributed by atoms with Crippen LogP contribution in [0, 0.1) is 5.92 Å². The molecule has 1 fully saturated rings. The average molecular weight is 234 g/mol. The Kier molecular flexibility index (Phi) is 3.58. The van der Waals surface area contributed by atoms with Crippen LogP contribution in [0.4, 0.5) is 5.69 Å². The first-order chi connectivity index (χ1) is 8.20. The molecule has 0 saturated heterocycles. The van der Waals surface area contributed by atoms with Crippen LogP contribution in [0.25, 0.3) is 0 Å². The van der Waals surface area contributed by atoms with E-state index in [-0.39, 0.29) is 11.9 Å². The van der Waals surface area contributed by atoms with Gasteiger partial charge in [-0.1, -0.05) is 6.92 Å². The second-order valence-electron chi connectivity index (χ2n) is 4.65. The number of aromatic nitrogens is 1. The zero-order valence-corrected chi connectivity index (χ0v) is 9.94. The van der Waals surface area contributed by atoms with Crippen molar-refractivity contribution < 1.29 is 4.79 Å². The number of hydrogen-bond donors (Lipinski definition) is 3. The molecule has 2 atom stereocenters. The van der Waals surface area contributed by atoms with Crippen molar-refractivity contribution in [1.82, 2.24) is 10.3 Å². The molecule has 5 nitrogen and oxygen atoms in total. The van der Waals surface area contributed by atoms with Crippen LogP contribution in [-0.2, 0) is 0 Å². The van der Waals surface area contributed by atoms with Crippen molar-refractivity contribution in [2.75, 3.05) is 5.43 Å². The van der Waals surface area contributed by atoms with Gasteiger partial charge in [-0.05, 0) is 31.2 Å². The maximum atomic E-state index is 12.0. The molecule has 0 bridgehead atoms. The SMILES string of the molecule is CC1CCC(NC(=O)c2cnccc2NN)C1. The van der Waals surface area contributed by atoms with E-state index in [1.807, 2.05) is 0 Å². The van der Waals surface area contributed by atoms with Gasteiger partial charge in [0.1, 0.15) is 0 Å². The molecule has 0 radical (unpaired) electrons. The number of hydrogen-bond acceptors (Lipinski definition) is 4. The first kappa shape index (κ1) is 11.9. The van der Waals surface area contributed by atoms with Crippen LogP contribution in [0.5, 0.6) is 0 Å². The number of hydrazine groups is 1. The highest BCUT2D eigenvalue weighted by Crippen LogP contribution is 2.25. The Morgan fingerprint density at radius 3 is 3.00 bits per heavy atom. The van der Waals surface area contributed by atoms with Crippen LogP contribution < -0.4 is 16.6 Å². The highest BCUT2D eigenvalue weighted by molar-refractivity contribution is 5.99. The van der Waals surface area contributed by atoms with Crippen molar-refractivity contribution in [2.24, 2.45) is 11.8 Å². The van der Waals surface area contributed by atoms with Crippen molar-refractivity contribution >= 4 is 11.6 Å². The van der Waals surface area contributed by atoms with Crippen LogP contribution in [0.2, 0.25) is 0 Å². The number of pyridine rings is 1. The minimum absolute atomic E-state index is 0.106. The van der Waals surface area contributed by atoms with Crippen molar-refractivity contribution in [2.45, 2.75) is 32.2 Å². The van der Waals surface area contributed by atoms with E-state index < -0.39 is 0 Å². The monoisotopic (exact) mass is 234 g/mol. The lowest BCUT2D eigenvalue weighted by molar-refractivity contribution is 0.0937. The molecule has 1 aliphatic rings. The lowest BCUT2D eigenvalue weighted by Gasteiger charge is -2.14. The van der Waals surface area contributed by atoms with Gasteiger partial charge in [0.05, 0.1) is 11.3 Å². The third kappa shape index (κ3) is 2.74. The summed E-state index contributed by atoms with van der Waals surface area (Å²) < 4.78 is 0. The fraction of sp³-hybridized carbons (Fsp3) is 0.500. The van der Waals surface area contributed by atoms with Gasteiger partial charge < -0.3 is 10.7 Å². The summed E-state index contributed by atoms with van der Waals surface area (Å²) in [7, 11) is 0. The molecule has 1 aromatic heterocycles. The molecular weight excluding hydrogens is 216 g/mol. The van der Waals surface area contributed by atoms with Gasteiger partial charge in [0, 0.05) is 18.4 Å². The third-order valence-corrected chi connectivity index (χ3v) is 3.25. The molecule has 0 spiro atoms. The molecule has 1 saturated carbocycles. The number of nitrogens with one attached hydrogen (secondary N) is 2. The molecule has 5 heteroatoms. The van der Waals surface area contributed by atoms with E-state index in [4.69, 9.17) is 5.84 Å². The molecule has 0 aliphatic heterocycles. The maximum Gasteiger partial charge on any atom is 0.255 e. The zero-order chi connectivity index (χ0) is 12.3. The molecule has 92 valence electrons. The van der Waals surface area contributed by atoms with Crippen LogP contribution in [0.3, 0.4) is 0 Å². The Hall–Kier alpha value is -1.62. The third-order valence-electron chi connectivity index (χ3n) is 3.25. The van der Waals surface area contributed by atoms with Crippen molar-refractivity contribution in [3.8, 4) is 0 Å². The number of nitrogens with two attached hydrogens (primary N) is 1. The minimum Gasteiger partial charge on any atom is -0.349 e. The summed E-state index contributed by atoms with van der Waals surface area (Å²) in [5.74, 6) is 5.95. The standard InChI is InChI=1S/C12H18N4O/c1-8-2-3-9(6-8)15-12(17)10-7-14-5-4-11(10)16-13/h4-5,7-9H,2-3,6,13H2,1H3,(H,14,16)(H,15,17). The van der Waals surface area contributed by atoms with E-state index in [1.54, 1.807) is 12.3 Å². The fourth-order valence-electron chi connectivity index (χ4n) is 2.30. The van der Waals surface area contributed by atoms with Crippen LogP contribution >= 0.6 is 0 Å². The van der Waals surface area contributed by atoms with E-state index in [1.165, 1.54) is 12.6 Å². The molecular formula is C12H18N4O. The largest absolute Gasteiger partial charge is 0.349 e. The summed E-state index contributed by atoms with van der Waals surface area (Å²) in [6, 6.07) is 1.97. The molecule has 1 heterocycles. The molecule has 1 aromatic rings. The summed E-state index contributed by atoms with van der Waals surface area (Å²) >= 11 is 0. The Labute approximate surface area is 101 Å². The second-order valence-corrected chi connectivity index (χ2v) is 4.65. The molecule has 1 amide bonds. The summed E-state index contributed by atoms with van der Waals surface area (Å²) in [5, 5.41) is 3.03. The number of nitrogens with zero attached hydrogens (tertiary/aromatic N) is 1. The zero-order valence-electron chi connectivity index (χ0n) is 9.94. The summed E-state index contributed by atoms with van der Waals surface area (Å²) in [5.41, 5.74) is 3.60. The first-order valence-electron chi connectivity index (χ1n) is 5.92. The van der Waals surface area contributed by atoms with E-state index in [0.717, 1.165) is 12.8 Å². The van der Waals surface area contributed by atoms with Gasteiger partial charge in [0.2, 0.25) is 0 Å². The van der Waals surface area contributed by atoms with E-state index in [9.17, 15) is 4.79 Å². The quantitative estimate of drug-likeness (QED) is 0.544. The molecule has 0 aromatic carbocycles. The lowest BCUT2D eigenvalue weighted by atomic mass is 10.1. The van der Waals surface area contributed by atoms with Gasteiger partial charge in [-0.2, -0.15) is 0 Å². The number of amides is 1. The number of nitrogen functional groups attached to an aromatic ring is 1. The molecule has 4 N–H and O–H groups in total. The highest BCUT2D eigenvalue weighted by atomic mass is 16.1. The number of anilines is 1. The van der Waals surface area contributed by atoms with Crippen LogP contribution in [-0.4, -0.2) is 16.9 Å². The van der Waals surface area contributed by atoms with Crippen molar-refractivity contribution in [3.05, 3.63) is 24.0 Å². The van der Waals surface area contributed by atoms with E-state index in [2.05, 4.69) is 22.7 Å². The van der Waals surface area contributed by atoms with Gasteiger partial charge in [-0.15, -0.1) is 0 Å². The highest BCUT2D eigenvalue weighted by Gasteiger charge is 2.23. The fourth-order valence-corrected chi connectivity index (χ4v) is 2.30. The Morgan fingerprint density at radius 2 is 2.35 bits per heavy atom. The van der Waals surface area contributed by atoms with Crippen molar-refractivity contribution in [3.63, 3.8) is 0 Å². The van der Waals surface area contributed by atoms with Crippen LogP contribution in [0.15, 0.2) is 18.5 Å². The van der Waals surface area contributed by atoms with Gasteiger partial charge in [0.25, 0.3) is 5.91 Å².